The smallest absolute Gasteiger partial charge is 0.322 e. The van der Waals surface area contributed by atoms with Crippen molar-refractivity contribution >= 4 is 17.5 Å². The first-order valence-corrected chi connectivity index (χ1v) is 5.01. The average Bonchev–Trinajstić information content (AvgIpc) is 2.12. The van der Waals surface area contributed by atoms with Crippen LogP contribution in [-0.2, 0) is 0 Å². The number of aromatic nitrogens is 3. The van der Waals surface area contributed by atoms with Crippen LogP contribution in [0.25, 0.3) is 0 Å². The maximum absolute atomic E-state index is 5.70. The Morgan fingerprint density at radius 3 is 2.73 bits per heavy atom. The molecule has 0 spiro atoms. The van der Waals surface area contributed by atoms with Gasteiger partial charge in [0.15, 0.2) is 0 Å². The van der Waals surface area contributed by atoms with Crippen LogP contribution in [0.1, 0.15) is 13.8 Å². The molecule has 0 saturated heterocycles. The second-order valence-corrected chi connectivity index (χ2v) is 3.43. The fraction of sp³-hybridized carbons (Fsp3) is 0.625. The summed E-state index contributed by atoms with van der Waals surface area (Å²) >= 11 is 5.70. The number of rotatable bonds is 5. The van der Waals surface area contributed by atoms with Gasteiger partial charge in [-0.25, -0.2) is 0 Å². The Morgan fingerprint density at radius 1 is 1.40 bits per heavy atom. The van der Waals surface area contributed by atoms with Crippen LogP contribution in [0.3, 0.4) is 0 Å². The van der Waals surface area contributed by atoms with Crippen molar-refractivity contribution < 1.29 is 4.74 Å². The van der Waals surface area contributed by atoms with Gasteiger partial charge in [0.1, 0.15) is 0 Å². The monoisotopic (exact) mass is 231 g/mol. The standard InChI is InChI=1S/C8H14ClN5O/c1-5(2)15-8-13-6(9)12-7(14-8)11-4-3-10/h5H,3-4,10H2,1-2H3,(H,11,12,13,14). The largest absolute Gasteiger partial charge is 0.461 e. The minimum Gasteiger partial charge on any atom is -0.461 e. The second-order valence-electron chi connectivity index (χ2n) is 3.09. The Morgan fingerprint density at radius 2 is 2.13 bits per heavy atom. The van der Waals surface area contributed by atoms with Gasteiger partial charge in [-0.2, -0.15) is 15.0 Å². The molecule has 0 aliphatic carbocycles. The molecule has 7 heteroatoms. The molecule has 0 aliphatic heterocycles. The van der Waals surface area contributed by atoms with Gasteiger partial charge in [0.2, 0.25) is 11.2 Å². The summed E-state index contributed by atoms with van der Waals surface area (Å²) in [7, 11) is 0. The predicted molar refractivity (Wildman–Crippen MR) is 58.1 cm³/mol. The van der Waals surface area contributed by atoms with Crippen molar-refractivity contribution in [2.24, 2.45) is 5.73 Å². The molecule has 0 unspecified atom stereocenters. The lowest BCUT2D eigenvalue weighted by atomic mass is 10.5. The van der Waals surface area contributed by atoms with Crippen molar-refractivity contribution in [3.63, 3.8) is 0 Å². The average molecular weight is 232 g/mol. The molecule has 84 valence electrons. The molecule has 0 amide bonds. The van der Waals surface area contributed by atoms with Crippen molar-refractivity contribution in [2.45, 2.75) is 20.0 Å². The Balaban J connectivity index is 2.75. The molecule has 15 heavy (non-hydrogen) atoms. The molecule has 1 aromatic heterocycles. The van der Waals surface area contributed by atoms with E-state index in [0.29, 0.717) is 19.0 Å². The molecule has 0 aromatic carbocycles. The zero-order chi connectivity index (χ0) is 11.3. The first kappa shape index (κ1) is 11.9. The van der Waals surface area contributed by atoms with Gasteiger partial charge in [0, 0.05) is 13.1 Å². The number of nitrogens with zero attached hydrogens (tertiary/aromatic N) is 3. The van der Waals surface area contributed by atoms with Gasteiger partial charge in [-0.3, -0.25) is 0 Å². The molecule has 0 bridgehead atoms. The van der Waals surface area contributed by atoms with E-state index in [-0.39, 0.29) is 17.4 Å². The van der Waals surface area contributed by atoms with Crippen LogP contribution in [0.4, 0.5) is 5.95 Å². The summed E-state index contributed by atoms with van der Waals surface area (Å²) in [6.07, 6.45) is -0.00850. The second kappa shape index (κ2) is 5.67. The minimum atomic E-state index is -0.00850. The Kier molecular flexibility index (Phi) is 4.51. The highest BCUT2D eigenvalue weighted by Gasteiger charge is 2.06. The third-order valence-electron chi connectivity index (χ3n) is 1.36. The van der Waals surface area contributed by atoms with Crippen LogP contribution < -0.4 is 15.8 Å². The zero-order valence-corrected chi connectivity index (χ0v) is 9.45. The van der Waals surface area contributed by atoms with Gasteiger partial charge in [-0.1, -0.05) is 0 Å². The topological polar surface area (TPSA) is 86.0 Å². The quantitative estimate of drug-likeness (QED) is 0.775. The molecule has 0 radical (unpaired) electrons. The van der Waals surface area contributed by atoms with E-state index in [4.69, 9.17) is 22.1 Å². The lowest BCUT2D eigenvalue weighted by molar-refractivity contribution is 0.222. The fourth-order valence-corrected chi connectivity index (χ4v) is 1.01. The number of ether oxygens (including phenoxy) is 1. The number of nitrogens with two attached hydrogens (primary N) is 1. The van der Waals surface area contributed by atoms with Gasteiger partial charge in [0.05, 0.1) is 6.10 Å². The van der Waals surface area contributed by atoms with E-state index in [2.05, 4.69) is 20.3 Å². The predicted octanol–water partition coefficient (Wildman–Crippen LogP) is 0.683. The summed E-state index contributed by atoms with van der Waals surface area (Å²) in [5, 5.41) is 2.99. The lowest BCUT2D eigenvalue weighted by Gasteiger charge is -2.09. The number of hydrogen-bond acceptors (Lipinski definition) is 6. The summed E-state index contributed by atoms with van der Waals surface area (Å²) in [6, 6.07) is 0.213. The maximum atomic E-state index is 5.70. The van der Waals surface area contributed by atoms with E-state index in [9.17, 15) is 0 Å². The molecule has 0 fully saturated rings. The Labute approximate surface area is 93.2 Å². The van der Waals surface area contributed by atoms with Crippen LogP contribution in [0, 0.1) is 0 Å². The number of hydrogen-bond donors (Lipinski definition) is 2. The highest BCUT2D eigenvalue weighted by atomic mass is 35.5. The van der Waals surface area contributed by atoms with Crippen molar-refractivity contribution in [1.82, 2.24) is 15.0 Å². The molecular weight excluding hydrogens is 218 g/mol. The van der Waals surface area contributed by atoms with Crippen molar-refractivity contribution in [3.05, 3.63) is 5.28 Å². The highest BCUT2D eigenvalue weighted by Crippen LogP contribution is 2.12. The number of nitrogens with one attached hydrogen (secondary N) is 1. The minimum absolute atomic E-state index is 0.00850. The van der Waals surface area contributed by atoms with Gasteiger partial charge in [0.25, 0.3) is 0 Å². The van der Waals surface area contributed by atoms with Crippen LogP contribution in [0.15, 0.2) is 0 Å². The molecule has 0 saturated carbocycles. The van der Waals surface area contributed by atoms with Crippen molar-refractivity contribution in [1.29, 1.82) is 0 Å². The normalized spacial score (nSPS) is 10.5. The van der Waals surface area contributed by atoms with Gasteiger partial charge in [-0.15, -0.1) is 0 Å². The Hall–Kier alpha value is -1.14. The molecule has 1 heterocycles. The van der Waals surface area contributed by atoms with E-state index in [1.54, 1.807) is 0 Å². The third-order valence-corrected chi connectivity index (χ3v) is 1.53. The van der Waals surface area contributed by atoms with Crippen LogP contribution in [-0.4, -0.2) is 34.1 Å². The number of halogens is 1. The van der Waals surface area contributed by atoms with E-state index in [0.717, 1.165) is 0 Å². The summed E-state index contributed by atoms with van der Waals surface area (Å²) in [5.41, 5.74) is 5.34. The van der Waals surface area contributed by atoms with Crippen LogP contribution in [0.5, 0.6) is 6.01 Å². The fourth-order valence-electron chi connectivity index (χ4n) is 0.858. The van der Waals surface area contributed by atoms with Crippen LogP contribution in [0.2, 0.25) is 5.28 Å². The molecule has 6 nitrogen and oxygen atoms in total. The van der Waals surface area contributed by atoms with Gasteiger partial charge in [-0.05, 0) is 25.4 Å². The SMILES string of the molecule is CC(C)Oc1nc(Cl)nc(NCCN)n1. The van der Waals surface area contributed by atoms with E-state index >= 15 is 0 Å². The molecule has 3 N–H and O–H groups in total. The third kappa shape index (κ3) is 4.26. The zero-order valence-electron chi connectivity index (χ0n) is 8.70. The van der Waals surface area contributed by atoms with Crippen molar-refractivity contribution in [2.75, 3.05) is 18.4 Å². The highest BCUT2D eigenvalue weighted by molar-refractivity contribution is 6.28. The van der Waals surface area contributed by atoms with E-state index in [1.165, 1.54) is 0 Å². The molecule has 1 rings (SSSR count). The Bertz CT molecular complexity index is 320. The first-order valence-electron chi connectivity index (χ1n) is 4.64. The first-order chi connectivity index (χ1) is 7.11. The van der Waals surface area contributed by atoms with Gasteiger partial charge >= 0.3 is 6.01 Å². The molecule has 0 atom stereocenters. The summed E-state index contributed by atoms with van der Waals surface area (Å²) in [6.45, 7) is 4.82. The summed E-state index contributed by atoms with van der Waals surface area (Å²) in [4.78, 5) is 11.7. The summed E-state index contributed by atoms with van der Waals surface area (Å²) in [5.74, 6) is 0.371. The summed E-state index contributed by atoms with van der Waals surface area (Å²) < 4.78 is 5.30. The van der Waals surface area contributed by atoms with Gasteiger partial charge < -0.3 is 15.8 Å². The van der Waals surface area contributed by atoms with Crippen LogP contribution >= 0.6 is 11.6 Å². The van der Waals surface area contributed by atoms with Crippen molar-refractivity contribution in [3.8, 4) is 6.01 Å². The molecule has 0 aliphatic rings. The van der Waals surface area contributed by atoms with E-state index in [1.807, 2.05) is 13.8 Å². The molecule has 1 aromatic rings. The number of anilines is 1. The molecular formula is C8H14ClN5O. The maximum Gasteiger partial charge on any atom is 0.322 e. The van der Waals surface area contributed by atoms with E-state index < -0.39 is 0 Å². The lowest BCUT2D eigenvalue weighted by Crippen LogP contribution is -2.16.